The fourth-order valence-corrected chi connectivity index (χ4v) is 6.19. The van der Waals surface area contributed by atoms with E-state index < -0.39 is 0 Å². The molecule has 0 aromatic heterocycles. The van der Waals surface area contributed by atoms with Crippen molar-refractivity contribution in [3.05, 3.63) is 0 Å². The number of carbonyl (C=O) groups excluding carboxylic acids is 1. The Morgan fingerprint density at radius 3 is 2.15 bits per heavy atom. The highest BCUT2D eigenvalue weighted by atomic mass is 79.9. The van der Waals surface area contributed by atoms with Gasteiger partial charge in [0.25, 0.3) is 0 Å². The zero-order valence-corrected chi connectivity index (χ0v) is 14.4. The highest BCUT2D eigenvalue weighted by molar-refractivity contribution is 9.09. The van der Waals surface area contributed by atoms with Crippen molar-refractivity contribution < 1.29 is 4.79 Å². The van der Waals surface area contributed by atoms with Gasteiger partial charge in [-0.15, -0.1) is 0 Å². The molecule has 0 aromatic carbocycles. The first-order valence-corrected chi connectivity index (χ1v) is 9.36. The molecule has 4 bridgehead atoms. The van der Waals surface area contributed by atoms with E-state index in [0.29, 0.717) is 34.4 Å². The van der Waals surface area contributed by atoms with Crippen molar-refractivity contribution in [1.82, 2.24) is 5.32 Å². The van der Waals surface area contributed by atoms with Crippen LogP contribution in [0, 0.1) is 35.5 Å². The van der Waals surface area contributed by atoms with Crippen LogP contribution in [0.25, 0.3) is 0 Å². The highest BCUT2D eigenvalue weighted by Gasteiger charge is 2.50. The average Bonchev–Trinajstić information content (AvgIpc) is 2.34. The SMILES string of the molecule is CC(C)CC(Br)CNC(=O)C1C2CC3CC(C2)CC1C3. The van der Waals surface area contributed by atoms with Crippen molar-refractivity contribution in [3.8, 4) is 0 Å². The smallest absolute Gasteiger partial charge is 0.223 e. The molecule has 1 amide bonds. The Balaban J connectivity index is 1.53. The Kier molecular flexibility index (Phi) is 4.45. The third kappa shape index (κ3) is 3.08. The first kappa shape index (κ1) is 14.9. The largest absolute Gasteiger partial charge is 0.355 e. The van der Waals surface area contributed by atoms with E-state index in [2.05, 4.69) is 35.1 Å². The topological polar surface area (TPSA) is 29.1 Å². The maximum Gasteiger partial charge on any atom is 0.223 e. The summed E-state index contributed by atoms with van der Waals surface area (Å²) in [6.45, 7) is 5.25. The summed E-state index contributed by atoms with van der Waals surface area (Å²) < 4.78 is 0. The molecule has 0 aromatic rings. The molecular weight excluding hydrogens is 314 g/mol. The molecule has 1 atom stereocenters. The lowest BCUT2D eigenvalue weighted by Crippen LogP contribution is -2.51. The number of hydrogen-bond donors (Lipinski definition) is 1. The van der Waals surface area contributed by atoms with Gasteiger partial charge in [0.1, 0.15) is 0 Å². The summed E-state index contributed by atoms with van der Waals surface area (Å²) >= 11 is 3.69. The number of alkyl halides is 1. The number of rotatable bonds is 5. The monoisotopic (exact) mass is 341 g/mol. The van der Waals surface area contributed by atoms with E-state index in [1.54, 1.807) is 0 Å². The summed E-state index contributed by atoms with van der Waals surface area (Å²) in [5, 5.41) is 3.23. The zero-order chi connectivity index (χ0) is 14.3. The van der Waals surface area contributed by atoms with Crippen LogP contribution in [-0.4, -0.2) is 17.3 Å². The van der Waals surface area contributed by atoms with E-state index in [4.69, 9.17) is 0 Å². The van der Waals surface area contributed by atoms with Crippen LogP contribution in [-0.2, 0) is 4.79 Å². The van der Waals surface area contributed by atoms with Crippen LogP contribution in [0.4, 0.5) is 0 Å². The Hall–Kier alpha value is -0.0500. The van der Waals surface area contributed by atoms with Crippen molar-refractivity contribution in [2.45, 2.75) is 57.2 Å². The Morgan fingerprint density at radius 1 is 1.10 bits per heavy atom. The molecule has 4 fully saturated rings. The Morgan fingerprint density at radius 2 is 1.65 bits per heavy atom. The maximum atomic E-state index is 12.6. The molecule has 4 saturated carbocycles. The molecule has 0 saturated heterocycles. The van der Waals surface area contributed by atoms with Gasteiger partial charge in [-0.25, -0.2) is 0 Å². The van der Waals surface area contributed by atoms with Gasteiger partial charge in [-0.3, -0.25) is 4.79 Å². The third-order valence-electron chi connectivity index (χ3n) is 5.75. The molecule has 0 aliphatic heterocycles. The van der Waals surface area contributed by atoms with Crippen molar-refractivity contribution >= 4 is 21.8 Å². The molecule has 114 valence electrons. The second-order valence-corrected chi connectivity index (χ2v) is 9.22. The molecule has 4 rings (SSSR count). The number of nitrogens with one attached hydrogen (secondary N) is 1. The zero-order valence-electron chi connectivity index (χ0n) is 12.8. The molecule has 20 heavy (non-hydrogen) atoms. The highest BCUT2D eigenvalue weighted by Crippen LogP contribution is 2.56. The van der Waals surface area contributed by atoms with Gasteiger partial charge < -0.3 is 5.32 Å². The number of halogens is 1. The lowest BCUT2D eigenvalue weighted by atomic mass is 9.51. The number of amides is 1. The number of carbonyl (C=O) groups is 1. The van der Waals surface area contributed by atoms with Crippen molar-refractivity contribution in [1.29, 1.82) is 0 Å². The molecule has 1 N–H and O–H groups in total. The lowest BCUT2D eigenvalue weighted by molar-refractivity contribution is -0.138. The van der Waals surface area contributed by atoms with Gasteiger partial charge in [0.05, 0.1) is 0 Å². The molecule has 3 heteroatoms. The average molecular weight is 342 g/mol. The molecule has 1 unspecified atom stereocenters. The fourth-order valence-electron chi connectivity index (χ4n) is 5.28. The van der Waals surface area contributed by atoms with E-state index in [-0.39, 0.29) is 0 Å². The van der Waals surface area contributed by atoms with E-state index in [9.17, 15) is 4.79 Å². The lowest BCUT2D eigenvalue weighted by Gasteiger charge is -2.53. The summed E-state index contributed by atoms with van der Waals surface area (Å²) in [5.74, 6) is 4.67. The van der Waals surface area contributed by atoms with Gasteiger partial charge in [-0.1, -0.05) is 29.8 Å². The van der Waals surface area contributed by atoms with Gasteiger partial charge in [0, 0.05) is 17.3 Å². The Bertz CT molecular complexity index is 340. The van der Waals surface area contributed by atoms with Crippen LogP contribution in [0.5, 0.6) is 0 Å². The third-order valence-corrected chi connectivity index (χ3v) is 6.45. The van der Waals surface area contributed by atoms with Crippen LogP contribution < -0.4 is 5.32 Å². The van der Waals surface area contributed by atoms with Crippen molar-refractivity contribution in [2.75, 3.05) is 6.54 Å². The van der Waals surface area contributed by atoms with E-state index in [1.807, 2.05) is 0 Å². The molecule has 0 spiro atoms. The first-order valence-electron chi connectivity index (χ1n) is 8.44. The van der Waals surface area contributed by atoms with Crippen LogP contribution in [0.1, 0.15) is 52.4 Å². The van der Waals surface area contributed by atoms with Gasteiger partial charge in [-0.05, 0) is 68.1 Å². The minimum atomic E-state index is 0.335. The minimum absolute atomic E-state index is 0.335. The minimum Gasteiger partial charge on any atom is -0.355 e. The van der Waals surface area contributed by atoms with Gasteiger partial charge in [-0.2, -0.15) is 0 Å². The summed E-state index contributed by atoms with van der Waals surface area (Å²) in [4.78, 5) is 13.0. The van der Waals surface area contributed by atoms with Crippen LogP contribution in [0.15, 0.2) is 0 Å². The number of hydrogen-bond acceptors (Lipinski definition) is 1. The second-order valence-electron chi connectivity index (χ2n) is 7.93. The second kappa shape index (κ2) is 5.98. The molecule has 4 aliphatic rings. The fraction of sp³-hybridized carbons (Fsp3) is 0.941. The summed E-state index contributed by atoms with van der Waals surface area (Å²) in [7, 11) is 0. The standard InChI is InChI=1S/C17H28BrNO/c1-10(2)3-15(18)9-19-17(20)16-13-5-11-4-12(7-13)8-14(16)6-11/h10-16H,3-9H2,1-2H3,(H,19,20). The predicted molar refractivity (Wildman–Crippen MR) is 85.7 cm³/mol. The maximum absolute atomic E-state index is 12.6. The van der Waals surface area contributed by atoms with E-state index >= 15 is 0 Å². The molecular formula is C17H28BrNO. The van der Waals surface area contributed by atoms with Gasteiger partial charge >= 0.3 is 0 Å². The summed E-state index contributed by atoms with van der Waals surface area (Å²) in [6.07, 6.45) is 7.90. The van der Waals surface area contributed by atoms with Crippen LogP contribution in [0.2, 0.25) is 0 Å². The molecule has 4 aliphatic carbocycles. The molecule has 0 heterocycles. The van der Waals surface area contributed by atoms with Crippen molar-refractivity contribution in [2.24, 2.45) is 35.5 Å². The van der Waals surface area contributed by atoms with E-state index in [1.165, 1.54) is 32.1 Å². The normalized spacial score (nSPS) is 40.1. The first-order chi connectivity index (χ1) is 9.52. The van der Waals surface area contributed by atoms with Gasteiger partial charge in [0.15, 0.2) is 0 Å². The van der Waals surface area contributed by atoms with Crippen LogP contribution in [0.3, 0.4) is 0 Å². The Labute approximate surface area is 131 Å². The summed E-state index contributed by atoms with van der Waals surface area (Å²) in [5.41, 5.74) is 0. The molecule has 0 radical (unpaired) electrons. The molecule has 2 nitrogen and oxygen atoms in total. The van der Waals surface area contributed by atoms with Crippen molar-refractivity contribution in [3.63, 3.8) is 0 Å². The van der Waals surface area contributed by atoms with Gasteiger partial charge in [0.2, 0.25) is 5.91 Å². The van der Waals surface area contributed by atoms with Crippen LogP contribution >= 0.6 is 15.9 Å². The quantitative estimate of drug-likeness (QED) is 0.752. The summed E-state index contributed by atoms with van der Waals surface area (Å²) in [6, 6.07) is 0. The van der Waals surface area contributed by atoms with E-state index in [0.717, 1.165) is 24.8 Å². The predicted octanol–water partition coefficient (Wildman–Crippen LogP) is 3.98.